The largest absolute Gasteiger partial charge is 0.462 e. The molecule has 0 spiro atoms. The summed E-state index contributed by atoms with van der Waals surface area (Å²) in [5.74, 6) is -0.926. The Labute approximate surface area is 414 Å². The molecule has 0 aromatic carbocycles. The SMILES string of the molecule is CC/C=C\C/C=C\C/C=C\C/C=C\CCCCCCC(=O)O[C@H](COC(=O)CCCCCCC/C=C\C/C=C\C/C=C\CC)COC(=O)CCCCCCCCCCCCCCCCCCC. The summed E-state index contributed by atoms with van der Waals surface area (Å²) in [5, 5.41) is 0. The molecule has 0 aromatic heterocycles. The van der Waals surface area contributed by atoms with E-state index >= 15 is 0 Å². The molecular formula is C61H104O6. The number of unbranched alkanes of at least 4 members (excludes halogenated alkanes) is 25. The number of carbonyl (C=O) groups excluding carboxylic acids is 3. The molecule has 0 aromatic rings. The van der Waals surface area contributed by atoms with E-state index in [4.69, 9.17) is 14.2 Å². The molecule has 0 fully saturated rings. The number of rotatable bonds is 50. The third-order valence-corrected chi connectivity index (χ3v) is 11.9. The highest BCUT2D eigenvalue weighted by atomic mass is 16.6. The Kier molecular flexibility index (Phi) is 52.4. The highest BCUT2D eigenvalue weighted by molar-refractivity contribution is 5.71. The van der Waals surface area contributed by atoms with Crippen LogP contribution < -0.4 is 0 Å². The molecule has 6 heteroatoms. The van der Waals surface area contributed by atoms with Crippen LogP contribution in [0.4, 0.5) is 0 Å². The zero-order chi connectivity index (χ0) is 48.6. The van der Waals surface area contributed by atoms with Crippen molar-refractivity contribution in [2.75, 3.05) is 13.2 Å². The Hall–Kier alpha value is -3.41. The van der Waals surface area contributed by atoms with E-state index in [0.717, 1.165) is 135 Å². The molecule has 384 valence electrons. The summed E-state index contributed by atoms with van der Waals surface area (Å²) in [6.07, 6.45) is 71.4. The highest BCUT2D eigenvalue weighted by Crippen LogP contribution is 2.16. The van der Waals surface area contributed by atoms with Gasteiger partial charge in [0.05, 0.1) is 0 Å². The maximum absolute atomic E-state index is 12.8. The lowest BCUT2D eigenvalue weighted by atomic mass is 10.0. The number of hydrogen-bond acceptors (Lipinski definition) is 6. The van der Waals surface area contributed by atoms with Crippen LogP contribution >= 0.6 is 0 Å². The molecule has 0 N–H and O–H groups in total. The molecule has 0 aliphatic rings. The second-order valence-corrected chi connectivity index (χ2v) is 18.4. The van der Waals surface area contributed by atoms with Crippen molar-refractivity contribution >= 4 is 17.9 Å². The Balaban J connectivity index is 4.44. The van der Waals surface area contributed by atoms with Gasteiger partial charge in [-0.25, -0.2) is 0 Å². The standard InChI is InChI=1S/C61H104O6/c1-4-7-10-13-16-19-22-25-28-30-33-36-39-42-45-48-51-54-60(63)66-57-58(56-65-59(62)53-50-47-44-41-38-35-32-27-24-21-18-15-12-9-6-3)67-61(64)55-52-49-46-43-40-37-34-31-29-26-23-20-17-14-11-8-5-2/h8-9,11-12,17-18,20-21,26-27,29,32,34,37,58H,4-7,10,13-16,19,22-25,28,30-31,33,35-36,38-57H2,1-3H3/b11-8-,12-9-,20-17-,21-18-,29-26-,32-27-,37-34-/t58-/m1/s1. The van der Waals surface area contributed by atoms with Gasteiger partial charge >= 0.3 is 17.9 Å². The summed E-state index contributed by atoms with van der Waals surface area (Å²) in [6, 6.07) is 0. The van der Waals surface area contributed by atoms with Crippen LogP contribution in [0.25, 0.3) is 0 Å². The van der Waals surface area contributed by atoms with Crippen molar-refractivity contribution in [1.82, 2.24) is 0 Å². The molecule has 1 atom stereocenters. The maximum Gasteiger partial charge on any atom is 0.306 e. The summed E-state index contributed by atoms with van der Waals surface area (Å²) in [7, 11) is 0. The van der Waals surface area contributed by atoms with Crippen LogP contribution in [0, 0.1) is 0 Å². The van der Waals surface area contributed by atoms with Crippen molar-refractivity contribution in [2.24, 2.45) is 0 Å². The molecule has 0 rings (SSSR count). The van der Waals surface area contributed by atoms with Gasteiger partial charge in [-0.1, -0.05) is 241 Å². The van der Waals surface area contributed by atoms with Crippen LogP contribution in [-0.4, -0.2) is 37.2 Å². The minimum Gasteiger partial charge on any atom is -0.462 e. The summed E-state index contributed by atoms with van der Waals surface area (Å²) < 4.78 is 16.8. The zero-order valence-corrected chi connectivity index (χ0v) is 43.9. The molecule has 0 aliphatic heterocycles. The van der Waals surface area contributed by atoms with Gasteiger partial charge in [0.15, 0.2) is 6.10 Å². The van der Waals surface area contributed by atoms with E-state index in [1.807, 2.05) is 0 Å². The Bertz CT molecular complexity index is 1300. The molecule has 0 amide bonds. The third kappa shape index (κ3) is 53.4. The molecule has 6 nitrogen and oxygen atoms in total. The van der Waals surface area contributed by atoms with Gasteiger partial charge in [0.25, 0.3) is 0 Å². The molecule has 0 unspecified atom stereocenters. The molecule has 67 heavy (non-hydrogen) atoms. The normalized spacial score (nSPS) is 12.7. The predicted molar refractivity (Wildman–Crippen MR) is 288 cm³/mol. The minimum atomic E-state index is -0.796. The molecule has 0 bridgehead atoms. The van der Waals surface area contributed by atoms with E-state index in [-0.39, 0.29) is 31.1 Å². The van der Waals surface area contributed by atoms with Gasteiger partial charge < -0.3 is 14.2 Å². The lowest BCUT2D eigenvalue weighted by molar-refractivity contribution is -0.167. The van der Waals surface area contributed by atoms with E-state index in [9.17, 15) is 14.4 Å². The quantitative estimate of drug-likeness (QED) is 0.0262. The number of allylic oxidation sites excluding steroid dienone is 14. The van der Waals surface area contributed by atoms with Crippen LogP contribution in [0.5, 0.6) is 0 Å². The Morgan fingerprint density at radius 2 is 0.582 bits per heavy atom. The molecular weight excluding hydrogens is 829 g/mol. The average Bonchev–Trinajstić information content (AvgIpc) is 3.33. The third-order valence-electron chi connectivity index (χ3n) is 11.9. The topological polar surface area (TPSA) is 78.9 Å². The Morgan fingerprint density at radius 3 is 0.910 bits per heavy atom. The maximum atomic E-state index is 12.8. The molecule has 0 aliphatic carbocycles. The van der Waals surface area contributed by atoms with Gasteiger partial charge in [-0.15, -0.1) is 0 Å². The smallest absolute Gasteiger partial charge is 0.306 e. The summed E-state index contributed by atoms with van der Waals surface area (Å²) in [4.78, 5) is 38.1. The second kappa shape index (κ2) is 55.2. The van der Waals surface area contributed by atoms with Gasteiger partial charge in [0, 0.05) is 19.3 Å². The fourth-order valence-electron chi connectivity index (χ4n) is 7.74. The van der Waals surface area contributed by atoms with Gasteiger partial charge in [-0.05, 0) is 89.9 Å². The van der Waals surface area contributed by atoms with Crippen LogP contribution in [0.2, 0.25) is 0 Å². The van der Waals surface area contributed by atoms with Crippen molar-refractivity contribution in [3.63, 3.8) is 0 Å². The zero-order valence-electron chi connectivity index (χ0n) is 43.9. The van der Waals surface area contributed by atoms with Crippen LogP contribution in [-0.2, 0) is 28.6 Å². The van der Waals surface area contributed by atoms with Crippen LogP contribution in [0.3, 0.4) is 0 Å². The van der Waals surface area contributed by atoms with Crippen molar-refractivity contribution in [1.29, 1.82) is 0 Å². The fraction of sp³-hybridized carbons (Fsp3) is 0.721. The first-order valence-electron chi connectivity index (χ1n) is 28.1. The number of esters is 3. The van der Waals surface area contributed by atoms with Gasteiger partial charge in [-0.2, -0.15) is 0 Å². The first-order valence-corrected chi connectivity index (χ1v) is 28.1. The summed E-state index contributed by atoms with van der Waals surface area (Å²) in [5.41, 5.74) is 0. The van der Waals surface area contributed by atoms with E-state index in [1.54, 1.807) is 0 Å². The van der Waals surface area contributed by atoms with E-state index < -0.39 is 6.10 Å². The van der Waals surface area contributed by atoms with Crippen molar-refractivity contribution in [3.8, 4) is 0 Å². The fourth-order valence-corrected chi connectivity index (χ4v) is 7.74. The number of ether oxygens (including phenoxy) is 3. The number of carbonyl (C=O) groups is 3. The monoisotopic (exact) mass is 933 g/mol. The van der Waals surface area contributed by atoms with E-state index in [0.29, 0.717) is 19.3 Å². The molecule has 0 saturated carbocycles. The average molecular weight is 933 g/mol. The van der Waals surface area contributed by atoms with Crippen molar-refractivity contribution < 1.29 is 28.6 Å². The lowest BCUT2D eigenvalue weighted by Crippen LogP contribution is -2.30. The summed E-state index contributed by atoms with van der Waals surface area (Å²) >= 11 is 0. The van der Waals surface area contributed by atoms with Crippen molar-refractivity contribution in [2.45, 2.75) is 271 Å². The molecule has 0 saturated heterocycles. The lowest BCUT2D eigenvalue weighted by Gasteiger charge is -2.18. The van der Waals surface area contributed by atoms with Gasteiger partial charge in [-0.3, -0.25) is 14.4 Å². The van der Waals surface area contributed by atoms with Crippen molar-refractivity contribution in [3.05, 3.63) is 85.1 Å². The van der Waals surface area contributed by atoms with E-state index in [2.05, 4.69) is 106 Å². The minimum absolute atomic E-state index is 0.0906. The Morgan fingerprint density at radius 1 is 0.313 bits per heavy atom. The first kappa shape index (κ1) is 63.6. The molecule has 0 heterocycles. The van der Waals surface area contributed by atoms with E-state index in [1.165, 1.54) is 89.9 Å². The van der Waals surface area contributed by atoms with Crippen LogP contribution in [0.1, 0.15) is 265 Å². The highest BCUT2D eigenvalue weighted by Gasteiger charge is 2.19. The molecule has 0 radical (unpaired) electrons. The first-order chi connectivity index (χ1) is 33.0. The number of hydrogen-bond donors (Lipinski definition) is 0. The predicted octanol–water partition coefficient (Wildman–Crippen LogP) is 18.8. The summed E-state index contributed by atoms with van der Waals surface area (Å²) in [6.45, 7) is 6.40. The van der Waals surface area contributed by atoms with Crippen LogP contribution in [0.15, 0.2) is 85.1 Å². The van der Waals surface area contributed by atoms with Gasteiger partial charge in [0.1, 0.15) is 13.2 Å². The van der Waals surface area contributed by atoms with Gasteiger partial charge in [0.2, 0.25) is 0 Å². The second-order valence-electron chi connectivity index (χ2n) is 18.4.